The van der Waals surface area contributed by atoms with Crippen LogP contribution in [0.1, 0.15) is 40.2 Å². The zero-order valence-corrected chi connectivity index (χ0v) is 13.5. The first-order chi connectivity index (χ1) is 9.08. The van der Waals surface area contributed by atoms with Gasteiger partial charge in [-0.3, -0.25) is 0 Å². The summed E-state index contributed by atoms with van der Waals surface area (Å²) < 4.78 is 28.4. The molecule has 1 N–H and O–H groups in total. The third kappa shape index (κ3) is 3.20. The molecule has 0 saturated heterocycles. The summed E-state index contributed by atoms with van der Waals surface area (Å²) in [4.78, 5) is 0.281. The Hall–Kier alpha value is -1.36. The van der Waals surface area contributed by atoms with E-state index in [1.807, 2.05) is 26.0 Å². The number of nitrogens with zero attached hydrogens (tertiary/aromatic N) is 1. The van der Waals surface area contributed by atoms with E-state index in [0.717, 1.165) is 12.0 Å². The van der Waals surface area contributed by atoms with Crippen LogP contribution in [0.4, 0.5) is 5.69 Å². The van der Waals surface area contributed by atoms with Crippen LogP contribution in [-0.2, 0) is 16.4 Å². The van der Waals surface area contributed by atoms with Gasteiger partial charge in [-0.2, -0.15) is 8.42 Å². The zero-order chi connectivity index (χ0) is 15.1. The number of sulfonamides is 1. The van der Waals surface area contributed by atoms with E-state index < -0.39 is 10.0 Å². The van der Waals surface area contributed by atoms with Gasteiger partial charge in [0.1, 0.15) is 10.7 Å². The molecule has 0 amide bonds. The van der Waals surface area contributed by atoms with Crippen LogP contribution in [0.5, 0.6) is 0 Å². The summed E-state index contributed by atoms with van der Waals surface area (Å²) >= 11 is 0. The fourth-order valence-electron chi connectivity index (χ4n) is 2.19. The Morgan fingerprint density at radius 1 is 1.25 bits per heavy atom. The molecule has 0 bridgehead atoms. The molecule has 1 heterocycles. The molecule has 1 aliphatic rings. The van der Waals surface area contributed by atoms with Gasteiger partial charge in [-0.1, -0.05) is 40.7 Å². The molecule has 1 aliphatic heterocycles. The molecule has 0 atom stereocenters. The van der Waals surface area contributed by atoms with Crippen molar-refractivity contribution in [3.05, 3.63) is 23.8 Å². The Morgan fingerprint density at radius 2 is 1.90 bits per heavy atom. The fourth-order valence-corrected chi connectivity index (χ4v) is 3.51. The molecule has 1 aromatic carbocycles. The third-order valence-electron chi connectivity index (χ3n) is 3.09. The van der Waals surface area contributed by atoms with Crippen LogP contribution in [0.3, 0.4) is 0 Å². The van der Waals surface area contributed by atoms with Crippen molar-refractivity contribution in [3.63, 3.8) is 0 Å². The van der Waals surface area contributed by atoms with Crippen LogP contribution in [0.2, 0.25) is 0 Å². The molecule has 0 radical (unpaired) electrons. The molecule has 5 heteroatoms. The number of anilines is 1. The Labute approximate surface area is 121 Å². The van der Waals surface area contributed by atoms with E-state index >= 15 is 0 Å². The second-order valence-corrected chi connectivity index (χ2v) is 8.37. The lowest BCUT2D eigenvalue weighted by atomic mass is 9.88. The normalized spacial score (nSPS) is 17.4. The Morgan fingerprint density at radius 3 is 2.45 bits per heavy atom. The summed E-state index contributed by atoms with van der Waals surface area (Å²) in [7, 11) is -3.59. The van der Waals surface area contributed by atoms with Crippen molar-refractivity contribution in [1.82, 2.24) is 0 Å². The van der Waals surface area contributed by atoms with Crippen molar-refractivity contribution in [2.24, 2.45) is 15.7 Å². The molecule has 0 aliphatic carbocycles. The summed E-state index contributed by atoms with van der Waals surface area (Å²) in [5, 5.41) is 3.11. The minimum absolute atomic E-state index is 0.0483. The zero-order valence-electron chi connectivity index (χ0n) is 12.7. The molecule has 4 nitrogen and oxygen atoms in total. The van der Waals surface area contributed by atoms with Crippen molar-refractivity contribution in [2.75, 3.05) is 5.32 Å². The predicted molar refractivity (Wildman–Crippen MR) is 82.7 cm³/mol. The predicted octanol–water partition coefficient (Wildman–Crippen LogP) is 3.44. The number of fused-ring (bicyclic) bond motifs is 1. The fraction of sp³-hybridized carbons (Fsp3) is 0.533. The van der Waals surface area contributed by atoms with Gasteiger partial charge in [-0.05, 0) is 29.5 Å². The molecule has 0 fully saturated rings. The van der Waals surface area contributed by atoms with Gasteiger partial charge >= 0.3 is 0 Å². The van der Waals surface area contributed by atoms with Crippen LogP contribution in [0.25, 0.3) is 0 Å². The lowest BCUT2D eigenvalue weighted by Crippen LogP contribution is -2.26. The molecule has 20 heavy (non-hydrogen) atoms. The first kappa shape index (κ1) is 15.0. The number of nitrogens with one attached hydrogen (secondary N) is 1. The Bertz CT molecular complexity index is 653. The minimum atomic E-state index is -3.59. The van der Waals surface area contributed by atoms with E-state index in [9.17, 15) is 8.42 Å². The highest BCUT2D eigenvalue weighted by molar-refractivity contribution is 7.90. The maximum absolute atomic E-state index is 12.3. The average molecular weight is 294 g/mol. The van der Waals surface area contributed by atoms with Gasteiger partial charge in [0, 0.05) is 5.92 Å². The van der Waals surface area contributed by atoms with Crippen LogP contribution in [-0.4, -0.2) is 14.3 Å². The molecule has 0 unspecified atom stereocenters. The van der Waals surface area contributed by atoms with Crippen molar-refractivity contribution in [3.8, 4) is 0 Å². The number of hydrogen-bond acceptors (Lipinski definition) is 3. The summed E-state index contributed by atoms with van der Waals surface area (Å²) in [6.07, 6.45) is 0.830. The number of benzene rings is 1. The standard InChI is InChI=1S/C15H22N2O2S/c1-10(2)14-16-12-7-6-11(9-15(3,4)5)8-13(12)20(18,19)17-14/h6-8,10H,9H2,1-5H3,(H,16,17). The molecular formula is C15H22N2O2S. The molecule has 0 aromatic heterocycles. The summed E-state index contributed by atoms with van der Waals surface area (Å²) in [6, 6.07) is 5.56. The van der Waals surface area contributed by atoms with E-state index in [-0.39, 0.29) is 16.2 Å². The molecule has 110 valence electrons. The van der Waals surface area contributed by atoms with Gasteiger partial charge in [-0.25, -0.2) is 0 Å². The second-order valence-electron chi connectivity index (χ2n) is 6.80. The first-order valence-corrected chi connectivity index (χ1v) is 8.27. The van der Waals surface area contributed by atoms with Crippen LogP contribution in [0.15, 0.2) is 27.5 Å². The van der Waals surface area contributed by atoms with Crippen LogP contribution >= 0.6 is 0 Å². The highest BCUT2D eigenvalue weighted by Gasteiger charge is 2.26. The summed E-state index contributed by atoms with van der Waals surface area (Å²) in [5.41, 5.74) is 1.76. The quantitative estimate of drug-likeness (QED) is 0.909. The highest BCUT2D eigenvalue weighted by atomic mass is 32.2. The van der Waals surface area contributed by atoms with Gasteiger partial charge in [0.15, 0.2) is 0 Å². The summed E-state index contributed by atoms with van der Waals surface area (Å²) in [6.45, 7) is 10.2. The van der Waals surface area contributed by atoms with Crippen LogP contribution in [0, 0.1) is 11.3 Å². The maximum atomic E-state index is 12.3. The van der Waals surface area contributed by atoms with Crippen LogP contribution < -0.4 is 5.32 Å². The maximum Gasteiger partial charge on any atom is 0.286 e. The van der Waals surface area contributed by atoms with E-state index in [4.69, 9.17) is 0 Å². The smallest absolute Gasteiger partial charge is 0.286 e. The van der Waals surface area contributed by atoms with Crippen molar-refractivity contribution < 1.29 is 8.42 Å². The SMILES string of the molecule is CC(C)C1=NS(=O)(=O)c2cc(CC(C)(C)C)ccc2N1. The largest absolute Gasteiger partial charge is 0.342 e. The number of rotatable bonds is 2. The molecule has 2 rings (SSSR count). The lowest BCUT2D eigenvalue weighted by molar-refractivity contribution is 0.411. The lowest BCUT2D eigenvalue weighted by Gasteiger charge is -2.23. The first-order valence-electron chi connectivity index (χ1n) is 6.83. The van der Waals surface area contributed by atoms with Gasteiger partial charge in [0.25, 0.3) is 10.0 Å². The topological polar surface area (TPSA) is 58.5 Å². The molecular weight excluding hydrogens is 272 g/mol. The van der Waals surface area contributed by atoms with Crippen molar-refractivity contribution >= 4 is 21.5 Å². The molecule has 1 aromatic rings. The monoisotopic (exact) mass is 294 g/mol. The summed E-state index contributed by atoms with van der Waals surface area (Å²) in [5.74, 6) is 0.549. The van der Waals surface area contributed by atoms with E-state index in [1.165, 1.54) is 0 Å². The highest BCUT2D eigenvalue weighted by Crippen LogP contribution is 2.31. The van der Waals surface area contributed by atoms with Gasteiger partial charge in [0.2, 0.25) is 0 Å². The van der Waals surface area contributed by atoms with Gasteiger partial charge in [0.05, 0.1) is 5.69 Å². The van der Waals surface area contributed by atoms with E-state index in [2.05, 4.69) is 30.5 Å². The minimum Gasteiger partial charge on any atom is -0.342 e. The third-order valence-corrected chi connectivity index (χ3v) is 4.42. The van der Waals surface area contributed by atoms with E-state index in [0.29, 0.717) is 11.5 Å². The van der Waals surface area contributed by atoms with Gasteiger partial charge < -0.3 is 5.32 Å². The molecule has 0 spiro atoms. The van der Waals surface area contributed by atoms with Crippen molar-refractivity contribution in [1.29, 1.82) is 0 Å². The Balaban J connectivity index is 2.45. The van der Waals surface area contributed by atoms with Crippen molar-refractivity contribution in [2.45, 2.75) is 45.9 Å². The number of hydrogen-bond donors (Lipinski definition) is 1. The Kier molecular flexibility index (Phi) is 3.67. The molecule has 0 saturated carbocycles. The van der Waals surface area contributed by atoms with E-state index in [1.54, 1.807) is 6.07 Å². The van der Waals surface area contributed by atoms with Gasteiger partial charge in [-0.15, -0.1) is 4.40 Å². The number of amidine groups is 1. The second kappa shape index (κ2) is 4.88. The average Bonchev–Trinajstić information content (AvgIpc) is 2.26.